The molecule has 0 bridgehead atoms. The SMILES string of the molecule is COC1(c2nc(=S)c3c([nH]2)CCC3)CCCC1. The summed E-state index contributed by atoms with van der Waals surface area (Å²) in [7, 11) is 1.79. The Bertz CT molecular complexity index is 489. The van der Waals surface area contributed by atoms with Crippen LogP contribution in [0.25, 0.3) is 0 Å². The normalized spacial score (nSPS) is 21.7. The van der Waals surface area contributed by atoms with Crippen molar-refractivity contribution < 1.29 is 4.74 Å². The maximum Gasteiger partial charge on any atom is 0.140 e. The molecule has 2 aliphatic rings. The molecule has 1 N–H and O–H groups in total. The average molecular weight is 250 g/mol. The summed E-state index contributed by atoms with van der Waals surface area (Å²) < 4.78 is 6.55. The van der Waals surface area contributed by atoms with Gasteiger partial charge in [-0.15, -0.1) is 0 Å². The van der Waals surface area contributed by atoms with Gasteiger partial charge in [-0.1, -0.05) is 12.2 Å². The van der Waals surface area contributed by atoms with Crippen LogP contribution in [0.5, 0.6) is 0 Å². The van der Waals surface area contributed by atoms with E-state index < -0.39 is 0 Å². The third kappa shape index (κ3) is 1.74. The van der Waals surface area contributed by atoms with E-state index in [0.717, 1.165) is 36.1 Å². The van der Waals surface area contributed by atoms with Crippen molar-refractivity contribution in [3.63, 3.8) is 0 Å². The predicted molar refractivity (Wildman–Crippen MR) is 68.6 cm³/mol. The highest BCUT2D eigenvalue weighted by Crippen LogP contribution is 2.40. The highest BCUT2D eigenvalue weighted by molar-refractivity contribution is 7.71. The second-order valence-electron chi connectivity index (χ2n) is 5.11. The van der Waals surface area contributed by atoms with Gasteiger partial charge in [-0.2, -0.15) is 0 Å². The summed E-state index contributed by atoms with van der Waals surface area (Å²) in [6.45, 7) is 0. The number of aryl methyl sites for hydroxylation is 1. The Morgan fingerprint density at radius 2 is 2.00 bits per heavy atom. The molecular weight excluding hydrogens is 232 g/mol. The number of rotatable bonds is 2. The standard InChI is InChI=1S/C13H18N2OS/c1-16-13(7-2-3-8-13)12-14-10-6-4-5-9(10)11(17)15-12/h2-8H2,1H3,(H,14,15,17). The molecule has 1 aromatic rings. The van der Waals surface area contributed by atoms with E-state index in [1.54, 1.807) is 7.11 Å². The van der Waals surface area contributed by atoms with Gasteiger partial charge < -0.3 is 9.72 Å². The molecular formula is C13H18N2OS. The zero-order valence-corrected chi connectivity index (χ0v) is 11.0. The molecule has 1 aromatic heterocycles. The highest BCUT2D eigenvalue weighted by Gasteiger charge is 2.38. The molecule has 1 fully saturated rings. The van der Waals surface area contributed by atoms with Gasteiger partial charge in [-0.25, -0.2) is 4.98 Å². The lowest BCUT2D eigenvalue weighted by atomic mass is 10.0. The molecule has 3 rings (SSSR count). The van der Waals surface area contributed by atoms with Crippen LogP contribution in [0.3, 0.4) is 0 Å². The summed E-state index contributed by atoms with van der Waals surface area (Å²) in [5, 5.41) is 0. The van der Waals surface area contributed by atoms with Crippen LogP contribution in [0, 0.1) is 4.64 Å². The van der Waals surface area contributed by atoms with E-state index in [-0.39, 0.29) is 5.60 Å². The first-order valence-corrected chi connectivity index (χ1v) is 6.84. The summed E-state index contributed by atoms with van der Waals surface area (Å²) in [5.41, 5.74) is 2.35. The van der Waals surface area contributed by atoms with Gasteiger partial charge in [-0.05, 0) is 44.9 Å². The number of ether oxygens (including phenoxy) is 1. The predicted octanol–water partition coefficient (Wildman–Crippen LogP) is 3.04. The van der Waals surface area contributed by atoms with Crippen LogP contribution < -0.4 is 0 Å². The minimum atomic E-state index is -0.203. The largest absolute Gasteiger partial charge is 0.370 e. The summed E-state index contributed by atoms with van der Waals surface area (Å²) in [6, 6.07) is 0. The fourth-order valence-electron chi connectivity index (χ4n) is 3.16. The first-order valence-electron chi connectivity index (χ1n) is 6.43. The second kappa shape index (κ2) is 4.18. The average Bonchev–Trinajstić information content (AvgIpc) is 2.98. The number of hydrogen-bond acceptors (Lipinski definition) is 3. The second-order valence-corrected chi connectivity index (χ2v) is 5.49. The van der Waals surface area contributed by atoms with Crippen LogP contribution in [0.2, 0.25) is 0 Å². The number of hydrogen-bond donors (Lipinski definition) is 1. The van der Waals surface area contributed by atoms with Crippen molar-refractivity contribution in [2.45, 2.75) is 50.5 Å². The summed E-state index contributed by atoms with van der Waals surface area (Å²) in [6.07, 6.45) is 7.92. The number of nitrogens with one attached hydrogen (secondary N) is 1. The molecule has 0 amide bonds. The molecule has 1 heterocycles. The third-order valence-corrected chi connectivity index (χ3v) is 4.53. The molecule has 0 atom stereocenters. The molecule has 0 radical (unpaired) electrons. The maximum atomic E-state index is 5.76. The number of nitrogens with zero attached hydrogens (tertiary/aromatic N) is 1. The van der Waals surface area contributed by atoms with Crippen LogP contribution >= 0.6 is 12.2 Å². The van der Waals surface area contributed by atoms with Crippen molar-refractivity contribution in [3.05, 3.63) is 21.7 Å². The first-order chi connectivity index (χ1) is 8.25. The minimum absolute atomic E-state index is 0.203. The number of methoxy groups -OCH3 is 1. The van der Waals surface area contributed by atoms with Crippen molar-refractivity contribution in [2.75, 3.05) is 7.11 Å². The topological polar surface area (TPSA) is 37.9 Å². The zero-order chi connectivity index (χ0) is 11.9. The summed E-state index contributed by atoms with van der Waals surface area (Å²) in [5.74, 6) is 0.961. The molecule has 4 heteroatoms. The Balaban J connectivity index is 2.09. The van der Waals surface area contributed by atoms with Gasteiger partial charge in [0.2, 0.25) is 0 Å². The summed E-state index contributed by atoms with van der Waals surface area (Å²) >= 11 is 5.41. The Morgan fingerprint density at radius 1 is 1.24 bits per heavy atom. The first kappa shape index (κ1) is 11.4. The molecule has 0 aliphatic heterocycles. The van der Waals surface area contributed by atoms with Crippen molar-refractivity contribution in [3.8, 4) is 0 Å². The van der Waals surface area contributed by atoms with E-state index in [1.165, 1.54) is 30.5 Å². The fraction of sp³-hybridized carbons (Fsp3) is 0.692. The Hall–Kier alpha value is -0.740. The maximum absolute atomic E-state index is 5.76. The fourth-order valence-corrected chi connectivity index (χ4v) is 3.47. The van der Waals surface area contributed by atoms with E-state index in [0.29, 0.717) is 0 Å². The quantitative estimate of drug-likeness (QED) is 0.820. The van der Waals surface area contributed by atoms with Crippen molar-refractivity contribution in [1.29, 1.82) is 0 Å². The molecule has 0 aromatic carbocycles. The molecule has 0 unspecified atom stereocenters. The number of fused-ring (bicyclic) bond motifs is 1. The van der Waals surface area contributed by atoms with Crippen LogP contribution in [0.1, 0.15) is 49.2 Å². The van der Waals surface area contributed by atoms with Gasteiger partial charge in [0.15, 0.2) is 0 Å². The van der Waals surface area contributed by atoms with Crippen LogP contribution in [-0.4, -0.2) is 17.1 Å². The smallest absolute Gasteiger partial charge is 0.140 e. The van der Waals surface area contributed by atoms with Crippen LogP contribution in [0.4, 0.5) is 0 Å². The Kier molecular flexibility index (Phi) is 2.79. The van der Waals surface area contributed by atoms with Crippen molar-refractivity contribution in [1.82, 2.24) is 9.97 Å². The van der Waals surface area contributed by atoms with Crippen molar-refractivity contribution >= 4 is 12.2 Å². The van der Waals surface area contributed by atoms with E-state index in [2.05, 4.69) is 9.97 Å². The van der Waals surface area contributed by atoms with Crippen molar-refractivity contribution in [2.24, 2.45) is 0 Å². The zero-order valence-electron chi connectivity index (χ0n) is 10.2. The third-order valence-electron chi connectivity index (χ3n) is 4.19. The van der Waals surface area contributed by atoms with Gasteiger partial charge in [0.25, 0.3) is 0 Å². The van der Waals surface area contributed by atoms with E-state index in [4.69, 9.17) is 17.0 Å². The molecule has 1 saturated carbocycles. The highest BCUT2D eigenvalue weighted by atomic mass is 32.1. The van der Waals surface area contributed by atoms with E-state index in [9.17, 15) is 0 Å². The number of H-pyrrole nitrogens is 1. The van der Waals surface area contributed by atoms with Gasteiger partial charge in [-0.3, -0.25) is 0 Å². The molecule has 3 nitrogen and oxygen atoms in total. The number of aromatic amines is 1. The number of aromatic nitrogens is 2. The molecule has 92 valence electrons. The van der Waals surface area contributed by atoms with E-state index >= 15 is 0 Å². The Morgan fingerprint density at radius 3 is 2.71 bits per heavy atom. The lowest BCUT2D eigenvalue weighted by Gasteiger charge is -2.26. The molecule has 2 aliphatic carbocycles. The van der Waals surface area contributed by atoms with Gasteiger partial charge >= 0.3 is 0 Å². The monoisotopic (exact) mass is 250 g/mol. The summed E-state index contributed by atoms with van der Waals surface area (Å²) in [4.78, 5) is 8.10. The molecule has 0 saturated heterocycles. The van der Waals surface area contributed by atoms with Crippen LogP contribution in [-0.2, 0) is 23.2 Å². The minimum Gasteiger partial charge on any atom is -0.370 e. The van der Waals surface area contributed by atoms with Gasteiger partial charge in [0.05, 0.1) is 0 Å². The molecule has 17 heavy (non-hydrogen) atoms. The van der Waals surface area contributed by atoms with E-state index in [1.807, 2.05) is 0 Å². The van der Waals surface area contributed by atoms with Gasteiger partial charge in [0.1, 0.15) is 16.1 Å². The lowest BCUT2D eigenvalue weighted by molar-refractivity contribution is -0.0165. The Labute approximate surface area is 107 Å². The van der Waals surface area contributed by atoms with Gasteiger partial charge in [0, 0.05) is 18.4 Å². The van der Waals surface area contributed by atoms with Crippen LogP contribution in [0.15, 0.2) is 0 Å². The lowest BCUT2D eigenvalue weighted by Crippen LogP contribution is -2.28. The molecule has 0 spiro atoms.